The van der Waals surface area contributed by atoms with Gasteiger partial charge in [-0.2, -0.15) is 8.78 Å². The first-order chi connectivity index (χ1) is 13.7. The fourth-order valence-electron chi connectivity index (χ4n) is 3.42. The Morgan fingerprint density at radius 2 is 1.83 bits per heavy atom. The number of halogens is 2. The average Bonchev–Trinajstić information content (AvgIpc) is 3.12. The first-order valence-electron chi connectivity index (χ1n) is 9.79. The molecule has 0 bridgehead atoms. The van der Waals surface area contributed by atoms with E-state index in [1.54, 1.807) is 44.2 Å². The van der Waals surface area contributed by atoms with Crippen molar-refractivity contribution in [3.63, 3.8) is 0 Å². The molecular weight excluding hydrogens is 384 g/mol. The number of nitrogens with zero attached hydrogens (tertiary/aromatic N) is 1. The normalized spacial score (nSPS) is 19.3. The van der Waals surface area contributed by atoms with Gasteiger partial charge in [-0.05, 0) is 45.6 Å². The lowest BCUT2D eigenvalue weighted by Crippen LogP contribution is -2.55. The minimum Gasteiger partial charge on any atom is -0.461 e. The number of amides is 1. The number of hydrogen-bond donors (Lipinski definition) is 0. The van der Waals surface area contributed by atoms with E-state index in [9.17, 15) is 14.4 Å². The van der Waals surface area contributed by atoms with Crippen LogP contribution in [-0.2, 0) is 25.5 Å². The smallest absolute Gasteiger partial charge is 0.410 e. The molecule has 1 aromatic rings. The van der Waals surface area contributed by atoms with Gasteiger partial charge < -0.3 is 9.47 Å². The van der Waals surface area contributed by atoms with Gasteiger partial charge in [0.05, 0.1) is 12.7 Å². The minimum atomic E-state index is -3.80. The summed E-state index contributed by atoms with van der Waals surface area (Å²) < 4.78 is 40.0. The van der Waals surface area contributed by atoms with Gasteiger partial charge in [-0.1, -0.05) is 30.3 Å². The third-order valence-electron chi connectivity index (χ3n) is 4.76. The van der Waals surface area contributed by atoms with Crippen LogP contribution in [0, 0.1) is 0 Å². The molecule has 0 aliphatic carbocycles. The van der Waals surface area contributed by atoms with Gasteiger partial charge in [0.2, 0.25) is 5.78 Å². The Hall–Kier alpha value is -2.51. The SMILES string of the molecule is CCOC(=O)N1[C@H](C(F)(F)C(=O)CCc2ccccc2)CC[C@H]1C(=O)OC(C)C. The largest absolute Gasteiger partial charge is 0.461 e. The molecular formula is C21H27F2NO5. The molecule has 160 valence electrons. The summed E-state index contributed by atoms with van der Waals surface area (Å²) in [5, 5.41) is 0. The number of benzene rings is 1. The molecule has 6 nitrogen and oxygen atoms in total. The van der Waals surface area contributed by atoms with Crippen molar-refractivity contribution in [1.82, 2.24) is 4.90 Å². The Bertz CT molecular complexity index is 723. The predicted molar refractivity (Wildman–Crippen MR) is 102 cm³/mol. The maximum absolute atomic E-state index is 15.0. The van der Waals surface area contributed by atoms with Gasteiger partial charge >= 0.3 is 18.0 Å². The van der Waals surface area contributed by atoms with Gasteiger partial charge in [0.1, 0.15) is 12.1 Å². The first kappa shape index (κ1) is 22.8. The second kappa shape index (κ2) is 9.80. The van der Waals surface area contributed by atoms with E-state index in [2.05, 4.69) is 0 Å². The van der Waals surface area contributed by atoms with Crippen molar-refractivity contribution in [3.05, 3.63) is 35.9 Å². The van der Waals surface area contributed by atoms with Crippen molar-refractivity contribution in [1.29, 1.82) is 0 Å². The van der Waals surface area contributed by atoms with Crippen molar-refractivity contribution in [2.75, 3.05) is 6.61 Å². The second-order valence-corrected chi connectivity index (χ2v) is 7.23. The third kappa shape index (κ3) is 5.52. The first-order valence-corrected chi connectivity index (χ1v) is 9.79. The van der Waals surface area contributed by atoms with E-state index in [0.717, 1.165) is 5.56 Å². The van der Waals surface area contributed by atoms with Crippen molar-refractivity contribution >= 4 is 17.8 Å². The number of ether oxygens (including phenoxy) is 2. The number of esters is 1. The summed E-state index contributed by atoms with van der Waals surface area (Å²) in [6.45, 7) is 4.75. The molecule has 0 spiro atoms. The Labute approximate surface area is 169 Å². The molecule has 8 heteroatoms. The molecule has 0 N–H and O–H groups in total. The highest BCUT2D eigenvalue weighted by molar-refractivity contribution is 5.89. The molecule has 1 amide bonds. The van der Waals surface area contributed by atoms with Crippen LogP contribution in [0.15, 0.2) is 30.3 Å². The zero-order chi connectivity index (χ0) is 21.6. The van der Waals surface area contributed by atoms with Crippen LogP contribution in [0.5, 0.6) is 0 Å². The molecule has 1 saturated heterocycles. The summed E-state index contributed by atoms with van der Waals surface area (Å²) in [7, 11) is 0. The summed E-state index contributed by atoms with van der Waals surface area (Å²) in [5.41, 5.74) is 0.767. The highest BCUT2D eigenvalue weighted by Gasteiger charge is 2.57. The fourth-order valence-corrected chi connectivity index (χ4v) is 3.42. The van der Waals surface area contributed by atoms with Crippen LogP contribution >= 0.6 is 0 Å². The molecule has 29 heavy (non-hydrogen) atoms. The lowest BCUT2D eigenvalue weighted by atomic mass is 9.98. The summed E-state index contributed by atoms with van der Waals surface area (Å²) in [6.07, 6.45) is -1.92. The molecule has 0 unspecified atom stereocenters. The maximum atomic E-state index is 15.0. The highest BCUT2D eigenvalue weighted by atomic mass is 19.3. The Kier molecular flexibility index (Phi) is 7.70. The number of carbonyl (C=O) groups excluding carboxylic acids is 3. The van der Waals surface area contributed by atoms with Gasteiger partial charge in [0.15, 0.2) is 0 Å². The molecule has 1 aromatic carbocycles. The lowest BCUT2D eigenvalue weighted by Gasteiger charge is -2.32. The zero-order valence-corrected chi connectivity index (χ0v) is 16.9. The van der Waals surface area contributed by atoms with E-state index in [-0.39, 0.29) is 32.3 Å². The molecule has 0 aromatic heterocycles. The predicted octanol–water partition coefficient (Wildman–Crippen LogP) is 3.76. The van der Waals surface area contributed by atoms with Crippen LogP contribution < -0.4 is 0 Å². The van der Waals surface area contributed by atoms with Gasteiger partial charge in [-0.3, -0.25) is 9.69 Å². The lowest BCUT2D eigenvalue weighted by molar-refractivity contribution is -0.159. The van der Waals surface area contributed by atoms with Crippen LogP contribution in [0.3, 0.4) is 0 Å². The number of Topliss-reactive ketones (excluding diaryl/α,β-unsaturated/α-hetero) is 1. The van der Waals surface area contributed by atoms with E-state index in [1.165, 1.54) is 6.92 Å². The Balaban J connectivity index is 2.18. The van der Waals surface area contributed by atoms with Crippen LogP contribution in [0.1, 0.15) is 45.6 Å². The van der Waals surface area contributed by atoms with Gasteiger partial charge in [0, 0.05) is 6.42 Å². The van der Waals surface area contributed by atoms with Crippen molar-refractivity contribution < 1.29 is 32.6 Å². The van der Waals surface area contributed by atoms with E-state index in [4.69, 9.17) is 9.47 Å². The molecule has 1 fully saturated rings. The molecule has 2 rings (SSSR count). The number of carbonyl (C=O) groups is 3. The van der Waals surface area contributed by atoms with E-state index in [0.29, 0.717) is 4.90 Å². The maximum Gasteiger partial charge on any atom is 0.410 e. The van der Waals surface area contributed by atoms with E-state index in [1.807, 2.05) is 0 Å². The zero-order valence-electron chi connectivity index (χ0n) is 16.9. The monoisotopic (exact) mass is 411 g/mol. The fraction of sp³-hybridized carbons (Fsp3) is 0.571. The van der Waals surface area contributed by atoms with E-state index >= 15 is 8.78 Å². The summed E-state index contributed by atoms with van der Waals surface area (Å²) in [5.74, 6) is -5.84. The van der Waals surface area contributed by atoms with Crippen LogP contribution in [0.25, 0.3) is 0 Å². The highest BCUT2D eigenvalue weighted by Crippen LogP contribution is 2.37. The number of alkyl halides is 2. The number of aryl methyl sites for hydroxylation is 1. The molecule has 2 atom stereocenters. The molecule has 1 heterocycles. The average molecular weight is 411 g/mol. The quantitative estimate of drug-likeness (QED) is 0.609. The summed E-state index contributed by atoms with van der Waals surface area (Å²) >= 11 is 0. The van der Waals surface area contributed by atoms with Gasteiger partial charge in [-0.25, -0.2) is 9.59 Å². The van der Waals surface area contributed by atoms with E-state index < -0.39 is 42.0 Å². The van der Waals surface area contributed by atoms with Gasteiger partial charge in [0.25, 0.3) is 0 Å². The third-order valence-corrected chi connectivity index (χ3v) is 4.76. The molecule has 1 aliphatic rings. The second-order valence-electron chi connectivity index (χ2n) is 7.23. The van der Waals surface area contributed by atoms with Crippen LogP contribution in [0.2, 0.25) is 0 Å². The Morgan fingerprint density at radius 3 is 2.41 bits per heavy atom. The summed E-state index contributed by atoms with van der Waals surface area (Å²) in [6, 6.07) is 5.90. The molecule has 0 saturated carbocycles. The van der Waals surface area contributed by atoms with Crippen molar-refractivity contribution in [3.8, 4) is 0 Å². The standard InChI is InChI=1S/C21H27F2NO5/c1-4-28-20(27)24-16(19(26)29-14(2)3)11-12-17(24)21(22,23)18(25)13-10-15-8-6-5-7-9-15/h5-9,14,16-17H,4,10-13H2,1-3H3/t16-,17-/m0/s1. The van der Waals surface area contributed by atoms with Gasteiger partial charge in [-0.15, -0.1) is 0 Å². The topological polar surface area (TPSA) is 72.9 Å². The summed E-state index contributed by atoms with van der Waals surface area (Å²) in [4.78, 5) is 37.7. The minimum absolute atomic E-state index is 0.0173. The molecule has 1 aliphatic heterocycles. The van der Waals surface area contributed by atoms with Crippen molar-refractivity contribution in [2.45, 2.75) is 70.6 Å². The number of hydrogen-bond acceptors (Lipinski definition) is 5. The number of ketones is 1. The Morgan fingerprint density at radius 1 is 1.17 bits per heavy atom. The molecule has 0 radical (unpaired) electrons. The number of likely N-dealkylation sites (tertiary alicyclic amines) is 1. The van der Waals surface area contributed by atoms with Crippen LogP contribution in [0.4, 0.5) is 13.6 Å². The van der Waals surface area contributed by atoms with Crippen molar-refractivity contribution in [2.24, 2.45) is 0 Å². The van der Waals surface area contributed by atoms with Crippen LogP contribution in [-0.4, -0.2) is 53.5 Å². The number of rotatable bonds is 8.